The lowest BCUT2D eigenvalue weighted by Crippen LogP contribution is -2.30. The van der Waals surface area contributed by atoms with E-state index >= 15 is 0 Å². The summed E-state index contributed by atoms with van der Waals surface area (Å²) >= 11 is 0. The van der Waals surface area contributed by atoms with E-state index in [0.29, 0.717) is 0 Å². The van der Waals surface area contributed by atoms with Crippen LogP contribution in [0.25, 0.3) is 0 Å². The van der Waals surface area contributed by atoms with Crippen molar-refractivity contribution in [2.24, 2.45) is 5.73 Å². The molecule has 0 fully saturated rings. The number of fused-ring (bicyclic) bond motifs is 1. The molecule has 0 amide bonds. The van der Waals surface area contributed by atoms with E-state index in [-0.39, 0.29) is 17.3 Å². The molecular formula is C12H16FN. The van der Waals surface area contributed by atoms with Crippen molar-refractivity contribution in [3.8, 4) is 0 Å². The van der Waals surface area contributed by atoms with Gasteiger partial charge >= 0.3 is 0 Å². The predicted octanol–water partition coefficient (Wildman–Crippen LogP) is 2.90. The average molecular weight is 193 g/mol. The lowest BCUT2D eigenvalue weighted by atomic mass is 9.71. The third-order valence-electron chi connectivity index (χ3n) is 3.23. The standard InChI is InChI=1S/C12H16FN/c1-12(2)7-6-10(14)11-8(12)4-3-5-9(11)13/h3-5,10H,6-7,14H2,1-2H3. The van der Waals surface area contributed by atoms with E-state index in [9.17, 15) is 4.39 Å². The first-order valence-electron chi connectivity index (χ1n) is 5.07. The molecule has 1 aliphatic carbocycles. The Morgan fingerprint density at radius 2 is 2.14 bits per heavy atom. The summed E-state index contributed by atoms with van der Waals surface area (Å²) in [7, 11) is 0. The summed E-state index contributed by atoms with van der Waals surface area (Å²) < 4.78 is 13.6. The molecule has 2 rings (SSSR count). The molecule has 76 valence electrons. The second kappa shape index (κ2) is 3.06. The van der Waals surface area contributed by atoms with E-state index < -0.39 is 0 Å². The predicted molar refractivity (Wildman–Crippen MR) is 55.6 cm³/mol. The van der Waals surface area contributed by atoms with Crippen LogP contribution < -0.4 is 5.73 Å². The van der Waals surface area contributed by atoms with Gasteiger partial charge in [-0.3, -0.25) is 0 Å². The Morgan fingerprint density at radius 1 is 1.43 bits per heavy atom. The van der Waals surface area contributed by atoms with Gasteiger partial charge in [0.1, 0.15) is 5.82 Å². The van der Waals surface area contributed by atoms with Gasteiger partial charge in [0.25, 0.3) is 0 Å². The normalized spacial score (nSPS) is 24.4. The Morgan fingerprint density at radius 3 is 2.79 bits per heavy atom. The van der Waals surface area contributed by atoms with Crippen LogP contribution in [-0.2, 0) is 5.41 Å². The first-order chi connectivity index (χ1) is 6.52. The Kier molecular flexibility index (Phi) is 2.11. The molecule has 2 N–H and O–H groups in total. The van der Waals surface area contributed by atoms with Crippen molar-refractivity contribution in [1.82, 2.24) is 0 Å². The van der Waals surface area contributed by atoms with Crippen molar-refractivity contribution >= 4 is 0 Å². The molecule has 0 heterocycles. The van der Waals surface area contributed by atoms with Crippen molar-refractivity contribution < 1.29 is 4.39 Å². The molecule has 1 nitrogen and oxygen atoms in total. The minimum Gasteiger partial charge on any atom is -0.324 e. The molecule has 0 aliphatic heterocycles. The molecule has 14 heavy (non-hydrogen) atoms. The summed E-state index contributed by atoms with van der Waals surface area (Å²) in [6, 6.07) is 5.14. The highest BCUT2D eigenvalue weighted by molar-refractivity contribution is 5.38. The van der Waals surface area contributed by atoms with Gasteiger partial charge in [-0.25, -0.2) is 4.39 Å². The van der Waals surface area contributed by atoms with Gasteiger partial charge in [-0.05, 0) is 29.9 Å². The summed E-state index contributed by atoms with van der Waals surface area (Å²) in [6.07, 6.45) is 1.91. The number of benzene rings is 1. The summed E-state index contributed by atoms with van der Waals surface area (Å²) in [5.74, 6) is -0.150. The fraction of sp³-hybridized carbons (Fsp3) is 0.500. The SMILES string of the molecule is CC1(C)CCC(N)c2c(F)cccc21. The highest BCUT2D eigenvalue weighted by Crippen LogP contribution is 2.41. The number of halogens is 1. The van der Waals surface area contributed by atoms with E-state index in [2.05, 4.69) is 13.8 Å². The van der Waals surface area contributed by atoms with Gasteiger partial charge < -0.3 is 5.73 Å². The maximum absolute atomic E-state index is 13.6. The Bertz CT molecular complexity index is 357. The van der Waals surface area contributed by atoms with E-state index in [0.717, 1.165) is 24.0 Å². The van der Waals surface area contributed by atoms with Crippen LogP contribution >= 0.6 is 0 Å². The zero-order valence-corrected chi connectivity index (χ0v) is 8.68. The molecule has 0 bridgehead atoms. The Hall–Kier alpha value is -0.890. The van der Waals surface area contributed by atoms with E-state index in [1.165, 1.54) is 6.07 Å². The van der Waals surface area contributed by atoms with Gasteiger partial charge in [0.2, 0.25) is 0 Å². The number of rotatable bonds is 0. The second-order valence-electron chi connectivity index (χ2n) is 4.73. The van der Waals surface area contributed by atoms with Crippen molar-refractivity contribution in [3.05, 3.63) is 35.1 Å². The van der Waals surface area contributed by atoms with Gasteiger partial charge in [-0.2, -0.15) is 0 Å². The molecule has 1 aromatic rings. The molecule has 0 radical (unpaired) electrons. The number of hydrogen-bond donors (Lipinski definition) is 1. The van der Waals surface area contributed by atoms with E-state index in [1.807, 2.05) is 6.07 Å². The average Bonchev–Trinajstić information content (AvgIpc) is 2.12. The van der Waals surface area contributed by atoms with Crippen molar-refractivity contribution in [1.29, 1.82) is 0 Å². The maximum Gasteiger partial charge on any atom is 0.128 e. The zero-order valence-electron chi connectivity index (χ0n) is 8.68. The Balaban J connectivity index is 2.63. The van der Waals surface area contributed by atoms with Crippen LogP contribution in [0.5, 0.6) is 0 Å². The van der Waals surface area contributed by atoms with Crippen LogP contribution in [0.4, 0.5) is 4.39 Å². The third kappa shape index (κ3) is 1.34. The molecular weight excluding hydrogens is 177 g/mol. The van der Waals surface area contributed by atoms with Crippen LogP contribution in [0.1, 0.15) is 43.9 Å². The quantitative estimate of drug-likeness (QED) is 0.673. The minimum absolute atomic E-state index is 0.0628. The monoisotopic (exact) mass is 193 g/mol. The summed E-state index contributed by atoms with van der Waals surface area (Å²) in [4.78, 5) is 0. The highest BCUT2D eigenvalue weighted by Gasteiger charge is 2.32. The van der Waals surface area contributed by atoms with Crippen LogP contribution in [0, 0.1) is 5.82 Å². The summed E-state index contributed by atoms with van der Waals surface area (Å²) in [6.45, 7) is 4.30. The van der Waals surface area contributed by atoms with E-state index in [1.54, 1.807) is 6.07 Å². The molecule has 2 heteroatoms. The van der Waals surface area contributed by atoms with Gasteiger partial charge in [-0.15, -0.1) is 0 Å². The Labute approximate surface area is 84.1 Å². The minimum atomic E-state index is -0.150. The molecule has 0 saturated carbocycles. The zero-order chi connectivity index (χ0) is 10.3. The van der Waals surface area contributed by atoms with Crippen LogP contribution in [-0.4, -0.2) is 0 Å². The molecule has 0 aromatic heterocycles. The smallest absolute Gasteiger partial charge is 0.128 e. The molecule has 1 aliphatic rings. The van der Waals surface area contributed by atoms with Gasteiger partial charge in [0.15, 0.2) is 0 Å². The van der Waals surface area contributed by atoms with Crippen molar-refractivity contribution in [3.63, 3.8) is 0 Å². The first-order valence-corrected chi connectivity index (χ1v) is 5.07. The fourth-order valence-electron chi connectivity index (χ4n) is 2.30. The van der Waals surface area contributed by atoms with Crippen LogP contribution in [0.15, 0.2) is 18.2 Å². The molecule has 0 spiro atoms. The fourth-order valence-corrected chi connectivity index (χ4v) is 2.30. The van der Waals surface area contributed by atoms with Crippen molar-refractivity contribution in [2.75, 3.05) is 0 Å². The van der Waals surface area contributed by atoms with Crippen LogP contribution in [0.3, 0.4) is 0 Å². The lowest BCUT2D eigenvalue weighted by molar-refractivity contribution is 0.384. The summed E-state index contributed by atoms with van der Waals surface area (Å²) in [5, 5.41) is 0. The molecule has 1 aromatic carbocycles. The molecule has 1 unspecified atom stereocenters. The van der Waals surface area contributed by atoms with E-state index in [4.69, 9.17) is 5.73 Å². The topological polar surface area (TPSA) is 26.0 Å². The third-order valence-corrected chi connectivity index (χ3v) is 3.23. The largest absolute Gasteiger partial charge is 0.324 e. The number of hydrogen-bond acceptors (Lipinski definition) is 1. The molecule has 0 saturated heterocycles. The first kappa shape index (κ1) is 9.66. The van der Waals surface area contributed by atoms with Gasteiger partial charge in [0.05, 0.1) is 0 Å². The molecule has 1 atom stereocenters. The van der Waals surface area contributed by atoms with Crippen LogP contribution in [0.2, 0.25) is 0 Å². The second-order valence-corrected chi connectivity index (χ2v) is 4.73. The lowest BCUT2D eigenvalue weighted by Gasteiger charge is -2.35. The van der Waals surface area contributed by atoms with Gasteiger partial charge in [0, 0.05) is 11.6 Å². The number of nitrogens with two attached hydrogens (primary N) is 1. The van der Waals surface area contributed by atoms with Gasteiger partial charge in [-0.1, -0.05) is 26.0 Å². The highest BCUT2D eigenvalue weighted by atomic mass is 19.1. The maximum atomic E-state index is 13.6. The van der Waals surface area contributed by atoms with Crippen molar-refractivity contribution in [2.45, 2.75) is 38.1 Å². The summed E-state index contributed by atoms with van der Waals surface area (Å²) in [5.41, 5.74) is 7.80.